The van der Waals surface area contributed by atoms with E-state index in [0.29, 0.717) is 0 Å². The number of hydrogen-bond acceptors (Lipinski definition) is 2. The largest absolute Gasteiger partial charge is 0.332 e. The summed E-state index contributed by atoms with van der Waals surface area (Å²) in [5.74, 6) is 1.10. The van der Waals surface area contributed by atoms with E-state index >= 15 is 0 Å². The number of piperazine rings is 1. The molecule has 1 N–H and O–H groups in total. The third-order valence-electron chi connectivity index (χ3n) is 4.89. The summed E-state index contributed by atoms with van der Waals surface area (Å²) in [4.78, 5) is 17.5. The molecule has 4 heteroatoms. The molecule has 0 unspecified atom stereocenters. The topological polar surface area (TPSA) is 24.8 Å². The van der Waals surface area contributed by atoms with Crippen LogP contribution in [-0.4, -0.2) is 43.5 Å². The van der Waals surface area contributed by atoms with E-state index in [1.165, 1.54) is 16.0 Å². The molecule has 3 nitrogen and oxygen atoms in total. The molecule has 0 aliphatic carbocycles. The number of benzene rings is 2. The molecule has 0 atom stereocenters. The molecule has 1 aliphatic heterocycles. The molecule has 0 bridgehead atoms. The lowest BCUT2D eigenvalue weighted by Gasteiger charge is -2.31. The molecule has 1 aliphatic rings. The van der Waals surface area contributed by atoms with Crippen LogP contribution in [0.1, 0.15) is 28.4 Å². The maximum atomic E-state index is 12.6. The summed E-state index contributed by atoms with van der Waals surface area (Å²) >= 11 is 1.83. The summed E-state index contributed by atoms with van der Waals surface area (Å²) in [7, 11) is 0. The van der Waals surface area contributed by atoms with Crippen LogP contribution >= 0.6 is 11.8 Å². The van der Waals surface area contributed by atoms with Crippen molar-refractivity contribution in [3.05, 3.63) is 65.2 Å². The van der Waals surface area contributed by atoms with Gasteiger partial charge in [-0.15, -0.1) is 11.8 Å². The Kier molecular flexibility index (Phi) is 6.16. The number of nitrogens with zero attached hydrogens (tertiary/aromatic N) is 1. The maximum Gasteiger partial charge on any atom is 0.254 e. The van der Waals surface area contributed by atoms with Crippen LogP contribution in [0.3, 0.4) is 0 Å². The summed E-state index contributed by atoms with van der Waals surface area (Å²) in [6, 6.07) is 16.7. The first-order valence-corrected chi connectivity index (χ1v) is 10.1. The second-order valence-corrected chi connectivity index (χ2v) is 7.74. The van der Waals surface area contributed by atoms with Crippen LogP contribution in [0.25, 0.3) is 0 Å². The number of thioether (sulfide) groups is 1. The van der Waals surface area contributed by atoms with Crippen molar-refractivity contribution in [2.75, 3.05) is 32.7 Å². The van der Waals surface area contributed by atoms with Crippen molar-refractivity contribution in [3.8, 4) is 0 Å². The number of amides is 1. The molecule has 25 heavy (non-hydrogen) atoms. The Balaban J connectivity index is 1.54. The highest BCUT2D eigenvalue weighted by Crippen LogP contribution is 2.23. The van der Waals surface area contributed by atoms with Gasteiger partial charge in [-0.25, -0.2) is 0 Å². The molecule has 3 rings (SSSR count). The smallest absolute Gasteiger partial charge is 0.254 e. The van der Waals surface area contributed by atoms with Gasteiger partial charge in [0, 0.05) is 16.2 Å². The Morgan fingerprint density at radius 1 is 1.04 bits per heavy atom. The van der Waals surface area contributed by atoms with Gasteiger partial charge in [0.25, 0.3) is 5.91 Å². The Morgan fingerprint density at radius 2 is 1.68 bits per heavy atom. The van der Waals surface area contributed by atoms with Gasteiger partial charge >= 0.3 is 0 Å². The first kappa shape index (κ1) is 18.0. The van der Waals surface area contributed by atoms with E-state index in [0.717, 1.165) is 44.0 Å². The van der Waals surface area contributed by atoms with Gasteiger partial charge in [0.2, 0.25) is 0 Å². The standard InChI is InChI=1S/C21H26N2OS/c1-3-22-12-14-23(15-13-22)21(24)19-8-6-18(7-9-19)16-25-20-10-4-17(2)5-11-20/h4-11H,3,12-16H2,1-2H3/p+1. The first-order chi connectivity index (χ1) is 12.2. The third-order valence-corrected chi connectivity index (χ3v) is 5.97. The number of quaternary nitrogens is 1. The van der Waals surface area contributed by atoms with Crippen molar-refractivity contribution >= 4 is 17.7 Å². The lowest BCUT2D eigenvalue weighted by atomic mass is 10.1. The van der Waals surface area contributed by atoms with Crippen LogP contribution in [-0.2, 0) is 5.75 Å². The second-order valence-electron chi connectivity index (χ2n) is 6.69. The highest BCUT2D eigenvalue weighted by atomic mass is 32.2. The van der Waals surface area contributed by atoms with E-state index in [2.05, 4.69) is 50.2 Å². The zero-order valence-electron chi connectivity index (χ0n) is 15.1. The van der Waals surface area contributed by atoms with Gasteiger partial charge in [-0.2, -0.15) is 0 Å². The summed E-state index contributed by atoms with van der Waals surface area (Å²) in [5, 5.41) is 0. The number of hydrogen-bond donors (Lipinski definition) is 1. The van der Waals surface area contributed by atoms with Crippen molar-refractivity contribution in [1.29, 1.82) is 0 Å². The van der Waals surface area contributed by atoms with E-state index in [-0.39, 0.29) is 5.91 Å². The number of carbonyl (C=O) groups is 1. The van der Waals surface area contributed by atoms with Gasteiger partial charge in [0.15, 0.2) is 0 Å². The van der Waals surface area contributed by atoms with Gasteiger partial charge in [0.05, 0.1) is 32.7 Å². The van der Waals surface area contributed by atoms with E-state index < -0.39 is 0 Å². The SMILES string of the molecule is CC[NH+]1CCN(C(=O)c2ccc(CSc3ccc(C)cc3)cc2)CC1. The fourth-order valence-electron chi connectivity index (χ4n) is 3.11. The van der Waals surface area contributed by atoms with E-state index in [4.69, 9.17) is 0 Å². The number of rotatable bonds is 5. The molecular formula is C21H27N2OS+. The Morgan fingerprint density at radius 3 is 2.28 bits per heavy atom. The zero-order valence-corrected chi connectivity index (χ0v) is 15.9. The molecule has 132 valence electrons. The third kappa shape index (κ3) is 4.86. The normalized spacial score (nSPS) is 15.4. The molecule has 0 spiro atoms. The summed E-state index contributed by atoms with van der Waals surface area (Å²) in [5.41, 5.74) is 3.35. The monoisotopic (exact) mass is 355 g/mol. The number of carbonyl (C=O) groups excluding carboxylic acids is 1. The molecular weight excluding hydrogens is 328 g/mol. The van der Waals surface area contributed by atoms with E-state index in [1.54, 1.807) is 4.90 Å². The highest BCUT2D eigenvalue weighted by Gasteiger charge is 2.23. The second kappa shape index (κ2) is 8.54. The lowest BCUT2D eigenvalue weighted by Crippen LogP contribution is -3.14. The predicted octanol–water partition coefficient (Wildman–Crippen LogP) is 2.65. The van der Waals surface area contributed by atoms with Gasteiger partial charge in [-0.05, 0) is 43.7 Å². The van der Waals surface area contributed by atoms with Crippen molar-refractivity contribution in [1.82, 2.24) is 4.90 Å². The molecule has 1 saturated heterocycles. The Labute approximate surface area is 155 Å². The number of nitrogens with one attached hydrogen (secondary N) is 1. The van der Waals surface area contributed by atoms with Crippen molar-refractivity contribution in [2.24, 2.45) is 0 Å². The number of likely N-dealkylation sites (N-methyl/N-ethyl adjacent to an activating group) is 1. The minimum absolute atomic E-state index is 0.174. The predicted molar refractivity (Wildman–Crippen MR) is 104 cm³/mol. The minimum Gasteiger partial charge on any atom is -0.332 e. The van der Waals surface area contributed by atoms with Gasteiger partial charge in [0.1, 0.15) is 0 Å². The Bertz CT molecular complexity index is 689. The molecule has 0 radical (unpaired) electrons. The molecule has 1 heterocycles. The van der Waals surface area contributed by atoms with Gasteiger partial charge in [-0.1, -0.05) is 29.8 Å². The van der Waals surface area contributed by atoms with E-state index in [9.17, 15) is 4.79 Å². The number of aryl methyl sites for hydroxylation is 1. The highest BCUT2D eigenvalue weighted by molar-refractivity contribution is 7.98. The van der Waals surface area contributed by atoms with Crippen LogP contribution in [0, 0.1) is 6.92 Å². The molecule has 2 aromatic rings. The maximum absolute atomic E-state index is 12.6. The molecule has 0 aromatic heterocycles. The fourth-order valence-corrected chi connectivity index (χ4v) is 3.96. The van der Waals surface area contributed by atoms with Crippen LogP contribution in [0.5, 0.6) is 0 Å². The van der Waals surface area contributed by atoms with Crippen LogP contribution < -0.4 is 4.90 Å². The van der Waals surface area contributed by atoms with Crippen LogP contribution in [0.4, 0.5) is 0 Å². The van der Waals surface area contributed by atoms with Gasteiger partial charge < -0.3 is 9.80 Å². The molecule has 1 fully saturated rings. The van der Waals surface area contributed by atoms with Crippen molar-refractivity contribution in [2.45, 2.75) is 24.5 Å². The van der Waals surface area contributed by atoms with E-state index in [1.807, 2.05) is 28.8 Å². The quantitative estimate of drug-likeness (QED) is 0.834. The van der Waals surface area contributed by atoms with Gasteiger partial charge in [-0.3, -0.25) is 4.79 Å². The average molecular weight is 356 g/mol. The average Bonchev–Trinajstić information content (AvgIpc) is 2.67. The van der Waals surface area contributed by atoms with Crippen LogP contribution in [0.15, 0.2) is 53.4 Å². The first-order valence-electron chi connectivity index (χ1n) is 9.07. The summed E-state index contributed by atoms with van der Waals surface area (Å²) in [6.45, 7) is 9.32. The minimum atomic E-state index is 0.174. The molecule has 1 amide bonds. The molecule has 0 saturated carbocycles. The summed E-state index contributed by atoms with van der Waals surface area (Å²) in [6.07, 6.45) is 0. The zero-order chi connectivity index (χ0) is 17.6. The Hall–Kier alpha value is -1.78. The summed E-state index contributed by atoms with van der Waals surface area (Å²) < 4.78 is 0. The van der Waals surface area contributed by atoms with Crippen molar-refractivity contribution in [3.63, 3.8) is 0 Å². The van der Waals surface area contributed by atoms with Crippen LogP contribution in [0.2, 0.25) is 0 Å². The molecule has 2 aromatic carbocycles. The fraction of sp³-hybridized carbons (Fsp3) is 0.381. The lowest BCUT2D eigenvalue weighted by molar-refractivity contribution is -0.902. The van der Waals surface area contributed by atoms with Crippen molar-refractivity contribution < 1.29 is 9.69 Å².